The molecule has 1 heterocycles. The van der Waals surface area contributed by atoms with E-state index in [2.05, 4.69) is 15.9 Å². The van der Waals surface area contributed by atoms with Crippen LogP contribution in [0.3, 0.4) is 0 Å². The normalized spacial score (nSPS) is 10.3. The van der Waals surface area contributed by atoms with Gasteiger partial charge in [-0.1, -0.05) is 0 Å². The number of rotatable bonds is 6. The minimum atomic E-state index is -0.283. The highest BCUT2D eigenvalue weighted by Gasteiger charge is 2.17. The quantitative estimate of drug-likeness (QED) is 0.752. The number of hydrogen-bond acceptors (Lipinski definition) is 3. The number of carbonyl (C=O) groups excluding carboxylic acids is 2. The molecule has 1 aromatic heterocycles. The molecule has 1 amide bonds. The molecule has 0 unspecified atom stereocenters. The van der Waals surface area contributed by atoms with Crippen molar-refractivity contribution in [1.82, 2.24) is 9.47 Å². The third kappa shape index (κ3) is 4.38. The van der Waals surface area contributed by atoms with Crippen LogP contribution >= 0.6 is 15.9 Å². The summed E-state index contributed by atoms with van der Waals surface area (Å²) in [6.45, 7) is 5.17. The van der Waals surface area contributed by atoms with E-state index >= 15 is 0 Å². The van der Waals surface area contributed by atoms with E-state index in [1.165, 1.54) is 4.90 Å². The number of aromatic nitrogens is 1. The van der Waals surface area contributed by atoms with Crippen LogP contribution in [0.25, 0.3) is 0 Å². The maximum Gasteiger partial charge on any atom is 0.307 e. The Morgan fingerprint density at radius 2 is 2.11 bits per heavy atom. The molecule has 0 aliphatic heterocycles. The Bertz CT molecular complexity index is 457. The van der Waals surface area contributed by atoms with Gasteiger partial charge in [0, 0.05) is 30.8 Å². The SMILES string of the molecule is CCOC(=O)CCN(C)C(=O)c1cc(Br)cn1CC. The van der Waals surface area contributed by atoms with Crippen molar-refractivity contribution >= 4 is 27.8 Å². The van der Waals surface area contributed by atoms with Crippen molar-refractivity contribution < 1.29 is 14.3 Å². The summed E-state index contributed by atoms with van der Waals surface area (Å²) >= 11 is 3.36. The fourth-order valence-corrected chi connectivity index (χ4v) is 2.17. The molecule has 1 aromatic rings. The van der Waals surface area contributed by atoms with E-state index in [0.29, 0.717) is 18.8 Å². The fraction of sp³-hybridized carbons (Fsp3) is 0.538. The maximum atomic E-state index is 12.2. The summed E-state index contributed by atoms with van der Waals surface area (Å²) in [5.41, 5.74) is 0.612. The highest BCUT2D eigenvalue weighted by Crippen LogP contribution is 2.16. The molecule has 0 spiro atoms. The second kappa shape index (κ2) is 7.33. The average Bonchev–Trinajstić information content (AvgIpc) is 2.76. The molecule has 1 rings (SSSR count). The van der Waals surface area contributed by atoms with Gasteiger partial charge in [0.05, 0.1) is 13.0 Å². The van der Waals surface area contributed by atoms with Gasteiger partial charge < -0.3 is 14.2 Å². The van der Waals surface area contributed by atoms with Crippen molar-refractivity contribution in [2.24, 2.45) is 0 Å². The predicted molar refractivity (Wildman–Crippen MR) is 76.0 cm³/mol. The van der Waals surface area contributed by atoms with Gasteiger partial charge in [0.25, 0.3) is 5.91 Å². The number of nitrogens with zero attached hydrogens (tertiary/aromatic N) is 2. The number of hydrogen-bond donors (Lipinski definition) is 0. The third-order valence-electron chi connectivity index (χ3n) is 2.73. The largest absolute Gasteiger partial charge is 0.466 e. The van der Waals surface area contributed by atoms with Crippen molar-refractivity contribution in [3.63, 3.8) is 0 Å². The van der Waals surface area contributed by atoms with E-state index < -0.39 is 0 Å². The van der Waals surface area contributed by atoms with Crippen LogP contribution in [0.4, 0.5) is 0 Å². The van der Waals surface area contributed by atoms with Gasteiger partial charge in [0.15, 0.2) is 0 Å². The third-order valence-corrected chi connectivity index (χ3v) is 3.16. The maximum absolute atomic E-state index is 12.2. The summed E-state index contributed by atoms with van der Waals surface area (Å²) in [4.78, 5) is 25.0. The molecular weight excluding hydrogens is 312 g/mol. The van der Waals surface area contributed by atoms with Gasteiger partial charge in [-0.05, 0) is 35.8 Å². The topological polar surface area (TPSA) is 51.5 Å². The number of aryl methyl sites for hydroxylation is 1. The average molecular weight is 331 g/mol. The van der Waals surface area contributed by atoms with Crippen LogP contribution in [0.15, 0.2) is 16.7 Å². The number of ether oxygens (including phenoxy) is 1. The zero-order valence-corrected chi connectivity index (χ0v) is 13.1. The van der Waals surface area contributed by atoms with Crippen LogP contribution < -0.4 is 0 Å². The van der Waals surface area contributed by atoms with Gasteiger partial charge in [-0.3, -0.25) is 9.59 Å². The molecular formula is C13H19BrN2O3. The van der Waals surface area contributed by atoms with Crippen molar-refractivity contribution in [1.29, 1.82) is 0 Å². The zero-order chi connectivity index (χ0) is 14.4. The van der Waals surface area contributed by atoms with E-state index in [1.807, 2.05) is 17.7 Å². The van der Waals surface area contributed by atoms with Crippen LogP contribution in [0, 0.1) is 0 Å². The lowest BCUT2D eigenvalue weighted by Gasteiger charge is -2.17. The molecule has 6 heteroatoms. The first-order valence-electron chi connectivity index (χ1n) is 6.26. The monoisotopic (exact) mass is 330 g/mol. The molecule has 0 aromatic carbocycles. The Labute approximate surface area is 121 Å². The van der Waals surface area contributed by atoms with Crippen LogP contribution in [-0.4, -0.2) is 41.5 Å². The van der Waals surface area contributed by atoms with Gasteiger partial charge in [-0.25, -0.2) is 0 Å². The first-order chi connectivity index (χ1) is 8.99. The molecule has 0 saturated heterocycles. The lowest BCUT2D eigenvalue weighted by Crippen LogP contribution is -2.30. The first-order valence-corrected chi connectivity index (χ1v) is 7.05. The van der Waals surface area contributed by atoms with Gasteiger partial charge in [-0.15, -0.1) is 0 Å². The lowest BCUT2D eigenvalue weighted by molar-refractivity contribution is -0.143. The number of halogens is 1. The van der Waals surface area contributed by atoms with E-state index in [1.54, 1.807) is 20.0 Å². The summed E-state index contributed by atoms with van der Waals surface area (Å²) < 4.78 is 7.58. The highest BCUT2D eigenvalue weighted by molar-refractivity contribution is 9.10. The smallest absolute Gasteiger partial charge is 0.307 e. The number of carbonyl (C=O) groups is 2. The van der Waals surface area contributed by atoms with Crippen LogP contribution in [-0.2, 0) is 16.1 Å². The number of esters is 1. The van der Waals surface area contributed by atoms with Gasteiger partial charge in [0.2, 0.25) is 0 Å². The Morgan fingerprint density at radius 1 is 1.42 bits per heavy atom. The summed E-state index contributed by atoms with van der Waals surface area (Å²) in [5.74, 6) is -0.383. The van der Waals surface area contributed by atoms with Crippen molar-refractivity contribution in [2.45, 2.75) is 26.8 Å². The molecule has 0 radical (unpaired) electrons. The van der Waals surface area contributed by atoms with Crippen molar-refractivity contribution in [3.05, 3.63) is 22.4 Å². The lowest BCUT2D eigenvalue weighted by atomic mass is 10.3. The molecule has 106 valence electrons. The Balaban J connectivity index is 2.63. The number of amides is 1. The minimum Gasteiger partial charge on any atom is -0.466 e. The van der Waals surface area contributed by atoms with Gasteiger partial charge in [0.1, 0.15) is 5.69 Å². The molecule has 19 heavy (non-hydrogen) atoms. The van der Waals surface area contributed by atoms with Crippen LogP contribution in [0.1, 0.15) is 30.8 Å². The van der Waals surface area contributed by atoms with Crippen LogP contribution in [0.5, 0.6) is 0 Å². The molecule has 0 fully saturated rings. The standard InChI is InChI=1S/C13H19BrN2O3/c1-4-16-9-10(14)8-11(16)13(18)15(3)7-6-12(17)19-5-2/h8-9H,4-7H2,1-3H3. The Morgan fingerprint density at radius 3 is 2.68 bits per heavy atom. The Kier molecular flexibility index (Phi) is 6.08. The molecule has 0 N–H and O–H groups in total. The summed E-state index contributed by atoms with van der Waals surface area (Å²) in [5, 5.41) is 0. The summed E-state index contributed by atoms with van der Waals surface area (Å²) in [6, 6.07) is 1.78. The fourth-order valence-electron chi connectivity index (χ4n) is 1.70. The van der Waals surface area contributed by atoms with E-state index in [-0.39, 0.29) is 18.3 Å². The predicted octanol–water partition coefficient (Wildman–Crippen LogP) is 2.30. The molecule has 0 aliphatic carbocycles. The van der Waals surface area contributed by atoms with E-state index in [9.17, 15) is 9.59 Å². The molecule has 5 nitrogen and oxygen atoms in total. The molecule has 0 aliphatic rings. The second-order valence-electron chi connectivity index (χ2n) is 4.11. The minimum absolute atomic E-state index is 0.100. The molecule has 0 saturated carbocycles. The first kappa shape index (κ1) is 15.8. The van der Waals surface area contributed by atoms with Crippen molar-refractivity contribution in [3.8, 4) is 0 Å². The molecule has 0 atom stereocenters. The van der Waals surface area contributed by atoms with Crippen molar-refractivity contribution in [2.75, 3.05) is 20.2 Å². The zero-order valence-electron chi connectivity index (χ0n) is 11.5. The van der Waals surface area contributed by atoms with E-state index in [0.717, 1.165) is 11.0 Å². The molecule has 0 bridgehead atoms. The van der Waals surface area contributed by atoms with Crippen LogP contribution in [0.2, 0.25) is 0 Å². The Hall–Kier alpha value is -1.30. The van der Waals surface area contributed by atoms with Gasteiger partial charge >= 0.3 is 5.97 Å². The van der Waals surface area contributed by atoms with Gasteiger partial charge in [-0.2, -0.15) is 0 Å². The highest BCUT2D eigenvalue weighted by atomic mass is 79.9. The summed E-state index contributed by atoms with van der Waals surface area (Å²) in [6.07, 6.45) is 2.08. The van der Waals surface area contributed by atoms with E-state index in [4.69, 9.17) is 4.74 Å². The summed E-state index contributed by atoms with van der Waals surface area (Å²) in [7, 11) is 1.68. The second-order valence-corrected chi connectivity index (χ2v) is 5.03.